The fourth-order valence-corrected chi connectivity index (χ4v) is 3.22. The molecule has 31 heavy (non-hydrogen) atoms. The predicted octanol–water partition coefficient (Wildman–Crippen LogP) is 3.19. The number of urea groups is 1. The highest BCUT2D eigenvalue weighted by molar-refractivity contribution is 6.16. The fraction of sp³-hybridized carbons (Fsp3) is 0.261. The van der Waals surface area contributed by atoms with E-state index < -0.39 is 17.8 Å². The molecule has 0 unspecified atom stereocenters. The molecule has 0 saturated carbocycles. The average molecular weight is 423 g/mol. The van der Waals surface area contributed by atoms with Gasteiger partial charge in [-0.1, -0.05) is 31.2 Å². The van der Waals surface area contributed by atoms with Crippen molar-refractivity contribution in [2.45, 2.75) is 20.3 Å². The van der Waals surface area contributed by atoms with E-state index in [0.29, 0.717) is 29.4 Å². The molecule has 0 aliphatic carbocycles. The van der Waals surface area contributed by atoms with E-state index in [1.807, 2.05) is 32.0 Å². The van der Waals surface area contributed by atoms with Crippen molar-refractivity contribution in [3.8, 4) is 11.5 Å². The molecule has 1 aliphatic heterocycles. The Morgan fingerprint density at radius 1 is 1.13 bits per heavy atom. The minimum absolute atomic E-state index is 0.0828. The monoisotopic (exact) mass is 423 g/mol. The minimum atomic E-state index is -0.645. The molecule has 162 valence electrons. The van der Waals surface area contributed by atoms with Crippen molar-refractivity contribution in [1.82, 2.24) is 10.2 Å². The molecule has 8 heteroatoms. The molecule has 0 atom stereocenters. The third kappa shape index (κ3) is 5.03. The van der Waals surface area contributed by atoms with Crippen LogP contribution in [-0.4, -0.2) is 43.0 Å². The summed E-state index contributed by atoms with van der Waals surface area (Å²) in [6.45, 7) is 3.91. The summed E-state index contributed by atoms with van der Waals surface area (Å²) in [4.78, 5) is 38.3. The SMILES string of the molecule is CCOc1cc(/C=C2/NC(=O)N(CC(=O)Nc3ccccc3CC)C2=O)ccc1OC. The molecule has 2 aromatic rings. The van der Waals surface area contributed by atoms with Crippen LogP contribution in [0.15, 0.2) is 48.2 Å². The summed E-state index contributed by atoms with van der Waals surface area (Å²) in [5.74, 6) is 0.0739. The van der Waals surface area contributed by atoms with Crippen LogP contribution in [0.3, 0.4) is 0 Å². The number of benzene rings is 2. The van der Waals surface area contributed by atoms with Crippen LogP contribution in [-0.2, 0) is 16.0 Å². The lowest BCUT2D eigenvalue weighted by Crippen LogP contribution is -2.38. The number of hydrogen-bond donors (Lipinski definition) is 2. The first kappa shape index (κ1) is 21.9. The molecular formula is C23H25N3O5. The van der Waals surface area contributed by atoms with Crippen LogP contribution in [0.25, 0.3) is 6.08 Å². The highest BCUT2D eigenvalue weighted by Crippen LogP contribution is 2.29. The maximum absolute atomic E-state index is 12.7. The average Bonchev–Trinajstić information content (AvgIpc) is 3.02. The molecule has 8 nitrogen and oxygen atoms in total. The van der Waals surface area contributed by atoms with Gasteiger partial charge >= 0.3 is 6.03 Å². The Morgan fingerprint density at radius 3 is 2.61 bits per heavy atom. The Bertz CT molecular complexity index is 1030. The molecule has 0 spiro atoms. The molecule has 4 amide bonds. The van der Waals surface area contributed by atoms with Crippen LogP contribution in [0.2, 0.25) is 0 Å². The van der Waals surface area contributed by atoms with E-state index in [0.717, 1.165) is 16.9 Å². The second-order valence-electron chi connectivity index (χ2n) is 6.78. The number of amides is 4. The number of carbonyl (C=O) groups is 3. The molecule has 1 saturated heterocycles. The van der Waals surface area contributed by atoms with Gasteiger partial charge in [0.1, 0.15) is 12.2 Å². The number of aryl methyl sites for hydroxylation is 1. The van der Waals surface area contributed by atoms with Gasteiger partial charge in [-0.25, -0.2) is 9.69 Å². The van der Waals surface area contributed by atoms with Gasteiger partial charge < -0.3 is 20.1 Å². The zero-order valence-corrected chi connectivity index (χ0v) is 17.7. The van der Waals surface area contributed by atoms with Crippen molar-refractivity contribution >= 4 is 29.6 Å². The van der Waals surface area contributed by atoms with Crippen molar-refractivity contribution in [3.63, 3.8) is 0 Å². The van der Waals surface area contributed by atoms with Crippen LogP contribution in [0.5, 0.6) is 11.5 Å². The maximum Gasteiger partial charge on any atom is 0.329 e. The summed E-state index contributed by atoms with van der Waals surface area (Å²) in [5.41, 5.74) is 2.37. The van der Waals surface area contributed by atoms with Crippen LogP contribution in [0.4, 0.5) is 10.5 Å². The van der Waals surface area contributed by atoms with Crippen molar-refractivity contribution in [2.75, 3.05) is 25.6 Å². The second-order valence-corrected chi connectivity index (χ2v) is 6.78. The molecule has 3 rings (SSSR count). The lowest BCUT2D eigenvalue weighted by molar-refractivity contribution is -0.127. The topological polar surface area (TPSA) is 97.0 Å². The fourth-order valence-electron chi connectivity index (χ4n) is 3.22. The lowest BCUT2D eigenvalue weighted by atomic mass is 10.1. The van der Waals surface area contributed by atoms with E-state index in [4.69, 9.17) is 9.47 Å². The van der Waals surface area contributed by atoms with Gasteiger partial charge in [0, 0.05) is 5.69 Å². The van der Waals surface area contributed by atoms with Crippen LogP contribution in [0.1, 0.15) is 25.0 Å². The number of nitrogens with one attached hydrogen (secondary N) is 2. The van der Waals surface area contributed by atoms with Crippen molar-refractivity contribution in [3.05, 3.63) is 59.3 Å². The summed E-state index contributed by atoms with van der Waals surface area (Å²) >= 11 is 0. The van der Waals surface area contributed by atoms with Crippen molar-refractivity contribution in [2.24, 2.45) is 0 Å². The first-order valence-electron chi connectivity index (χ1n) is 10.00. The lowest BCUT2D eigenvalue weighted by Gasteiger charge is -2.13. The first-order valence-corrected chi connectivity index (χ1v) is 10.00. The molecule has 1 heterocycles. The molecular weight excluding hydrogens is 398 g/mol. The van der Waals surface area contributed by atoms with Gasteiger partial charge in [-0.2, -0.15) is 0 Å². The van der Waals surface area contributed by atoms with Crippen LogP contribution in [0, 0.1) is 0 Å². The standard InChI is InChI=1S/C23H25N3O5/c1-4-16-8-6-7-9-17(16)24-21(27)14-26-22(28)18(25-23(26)29)12-15-10-11-19(30-3)20(13-15)31-5-2/h6-13H,4-5,14H2,1-3H3,(H,24,27)(H,25,29)/b18-12+. The van der Waals surface area contributed by atoms with Gasteiger partial charge in [0.25, 0.3) is 5.91 Å². The number of hydrogen-bond acceptors (Lipinski definition) is 5. The number of carbonyl (C=O) groups excluding carboxylic acids is 3. The van der Waals surface area contributed by atoms with Gasteiger partial charge in [0.15, 0.2) is 11.5 Å². The molecule has 1 aliphatic rings. The largest absolute Gasteiger partial charge is 0.493 e. The summed E-state index contributed by atoms with van der Waals surface area (Å²) in [5, 5.41) is 5.29. The Labute approximate surface area is 180 Å². The predicted molar refractivity (Wildman–Crippen MR) is 117 cm³/mol. The third-order valence-corrected chi connectivity index (χ3v) is 4.73. The molecule has 1 fully saturated rings. The van der Waals surface area contributed by atoms with Gasteiger partial charge in [0.2, 0.25) is 5.91 Å². The van der Waals surface area contributed by atoms with Crippen molar-refractivity contribution < 1.29 is 23.9 Å². The van der Waals surface area contributed by atoms with Crippen LogP contribution < -0.4 is 20.1 Å². The number of methoxy groups -OCH3 is 1. The zero-order chi connectivity index (χ0) is 22.4. The van der Waals surface area contributed by atoms with Gasteiger partial charge in [0.05, 0.1) is 13.7 Å². The number of para-hydroxylation sites is 1. The summed E-state index contributed by atoms with van der Waals surface area (Å²) in [7, 11) is 1.54. The van der Waals surface area contributed by atoms with E-state index in [1.54, 1.807) is 31.4 Å². The number of rotatable bonds is 8. The Kier molecular flexibility index (Phi) is 6.92. The summed E-state index contributed by atoms with van der Waals surface area (Å²) < 4.78 is 10.8. The summed E-state index contributed by atoms with van der Waals surface area (Å²) in [6.07, 6.45) is 2.28. The van der Waals surface area contributed by atoms with E-state index >= 15 is 0 Å². The molecule has 2 aromatic carbocycles. The van der Waals surface area contributed by atoms with Gasteiger partial charge in [-0.15, -0.1) is 0 Å². The van der Waals surface area contributed by atoms with Gasteiger partial charge in [-0.05, 0) is 48.7 Å². The molecule has 0 bridgehead atoms. The molecule has 2 N–H and O–H groups in total. The number of ether oxygens (including phenoxy) is 2. The zero-order valence-electron chi connectivity index (χ0n) is 17.7. The summed E-state index contributed by atoms with van der Waals surface area (Å²) in [6, 6.07) is 11.9. The second kappa shape index (κ2) is 9.80. The number of anilines is 1. The highest BCUT2D eigenvalue weighted by Gasteiger charge is 2.35. The number of imide groups is 1. The minimum Gasteiger partial charge on any atom is -0.493 e. The van der Waals surface area contributed by atoms with Gasteiger partial charge in [-0.3, -0.25) is 9.59 Å². The molecule has 0 aromatic heterocycles. The normalized spacial score (nSPS) is 14.5. The third-order valence-electron chi connectivity index (χ3n) is 4.73. The van der Waals surface area contributed by atoms with Crippen LogP contribution >= 0.6 is 0 Å². The Morgan fingerprint density at radius 2 is 1.90 bits per heavy atom. The smallest absolute Gasteiger partial charge is 0.329 e. The Balaban J connectivity index is 1.73. The van der Waals surface area contributed by atoms with E-state index in [-0.39, 0.29) is 12.2 Å². The number of nitrogens with zero attached hydrogens (tertiary/aromatic N) is 1. The quantitative estimate of drug-likeness (QED) is 0.502. The van der Waals surface area contributed by atoms with E-state index in [1.165, 1.54) is 6.08 Å². The molecule has 0 radical (unpaired) electrons. The van der Waals surface area contributed by atoms with Crippen molar-refractivity contribution in [1.29, 1.82) is 0 Å². The Hall–Kier alpha value is -3.81. The highest BCUT2D eigenvalue weighted by atomic mass is 16.5. The van der Waals surface area contributed by atoms with E-state index in [2.05, 4.69) is 10.6 Å². The van der Waals surface area contributed by atoms with E-state index in [9.17, 15) is 14.4 Å². The maximum atomic E-state index is 12.7. The first-order chi connectivity index (χ1) is 15.0.